The third kappa shape index (κ3) is 4.68. The summed E-state index contributed by atoms with van der Waals surface area (Å²) in [5.74, 6) is -0.678. The van der Waals surface area contributed by atoms with Crippen LogP contribution >= 0.6 is 0 Å². The first-order chi connectivity index (χ1) is 9.97. The minimum absolute atomic E-state index is 0.448. The van der Waals surface area contributed by atoms with Crippen molar-refractivity contribution < 1.29 is 22.7 Å². The summed E-state index contributed by atoms with van der Waals surface area (Å²) in [6, 6.07) is 2.55. The van der Waals surface area contributed by atoms with Crippen LogP contribution in [0.2, 0.25) is 0 Å². The lowest BCUT2D eigenvalue weighted by Gasteiger charge is -2.33. The van der Waals surface area contributed by atoms with E-state index in [0.717, 1.165) is 0 Å². The van der Waals surface area contributed by atoms with Crippen LogP contribution in [0.4, 0.5) is 13.2 Å². The molecule has 5 nitrogen and oxygen atoms in total. The van der Waals surface area contributed by atoms with Crippen LogP contribution in [0.15, 0.2) is 24.5 Å². The Bertz CT molecular complexity index is 461. The quantitative estimate of drug-likeness (QED) is 0.906. The smallest absolute Gasteiger partial charge is 0.379 e. The maximum atomic E-state index is 12.3. The molecule has 1 aromatic heterocycles. The van der Waals surface area contributed by atoms with Crippen molar-refractivity contribution in [2.24, 2.45) is 0 Å². The zero-order valence-electron chi connectivity index (χ0n) is 11.3. The highest BCUT2D eigenvalue weighted by molar-refractivity contribution is 5.83. The van der Waals surface area contributed by atoms with Gasteiger partial charge in [0.15, 0.2) is 0 Å². The molecule has 0 radical (unpaired) electrons. The van der Waals surface area contributed by atoms with E-state index >= 15 is 0 Å². The van der Waals surface area contributed by atoms with Crippen molar-refractivity contribution in [3.8, 4) is 0 Å². The lowest BCUT2D eigenvalue weighted by molar-refractivity contribution is -0.142. The number of ether oxygens (including phenoxy) is 1. The molecule has 2 heterocycles. The number of pyridine rings is 1. The number of hydrogen-bond donors (Lipinski definition) is 1. The summed E-state index contributed by atoms with van der Waals surface area (Å²) < 4.78 is 42.0. The summed E-state index contributed by atoms with van der Waals surface area (Å²) in [7, 11) is 0. The molecule has 1 aromatic rings. The molecule has 1 saturated heterocycles. The van der Waals surface area contributed by atoms with Gasteiger partial charge in [-0.05, 0) is 11.6 Å². The van der Waals surface area contributed by atoms with E-state index in [4.69, 9.17) is 4.74 Å². The first kappa shape index (κ1) is 15.7. The fourth-order valence-corrected chi connectivity index (χ4v) is 2.19. The summed E-state index contributed by atoms with van der Waals surface area (Å²) in [4.78, 5) is 17.9. The number of rotatable bonds is 4. The Hall–Kier alpha value is -1.67. The van der Waals surface area contributed by atoms with Gasteiger partial charge in [0.05, 0.1) is 13.2 Å². The van der Waals surface area contributed by atoms with Crippen molar-refractivity contribution in [3.05, 3.63) is 30.1 Å². The van der Waals surface area contributed by atoms with E-state index in [0.29, 0.717) is 31.9 Å². The van der Waals surface area contributed by atoms with Gasteiger partial charge in [0.2, 0.25) is 5.91 Å². The maximum absolute atomic E-state index is 12.3. The van der Waals surface area contributed by atoms with Crippen molar-refractivity contribution >= 4 is 5.91 Å². The molecular weight excluding hydrogens is 287 g/mol. The van der Waals surface area contributed by atoms with E-state index in [1.807, 2.05) is 5.32 Å². The zero-order valence-corrected chi connectivity index (χ0v) is 11.3. The van der Waals surface area contributed by atoms with E-state index in [-0.39, 0.29) is 0 Å². The summed E-state index contributed by atoms with van der Waals surface area (Å²) >= 11 is 0. The normalized spacial score (nSPS) is 18.2. The number of carbonyl (C=O) groups is 1. The Morgan fingerprint density at radius 3 is 2.71 bits per heavy atom. The first-order valence-corrected chi connectivity index (χ1v) is 6.53. The molecule has 0 bridgehead atoms. The van der Waals surface area contributed by atoms with Gasteiger partial charge in [-0.3, -0.25) is 14.7 Å². The Kier molecular flexibility index (Phi) is 5.13. The summed E-state index contributed by atoms with van der Waals surface area (Å²) in [5.41, 5.74) is 0.569. The summed E-state index contributed by atoms with van der Waals surface area (Å²) in [5, 5.41) is 1.94. The van der Waals surface area contributed by atoms with Crippen LogP contribution in [0.1, 0.15) is 11.6 Å². The van der Waals surface area contributed by atoms with Crippen LogP contribution in [0.25, 0.3) is 0 Å². The molecule has 1 aliphatic heterocycles. The minimum atomic E-state index is -4.43. The number of morpholine rings is 1. The second-order valence-electron chi connectivity index (χ2n) is 4.67. The molecule has 1 amide bonds. The van der Waals surface area contributed by atoms with E-state index in [9.17, 15) is 18.0 Å². The van der Waals surface area contributed by atoms with Crippen LogP contribution in [-0.4, -0.2) is 54.8 Å². The van der Waals surface area contributed by atoms with Gasteiger partial charge in [-0.15, -0.1) is 0 Å². The number of nitrogens with zero attached hydrogens (tertiary/aromatic N) is 2. The number of carbonyl (C=O) groups excluding carboxylic acids is 1. The van der Waals surface area contributed by atoms with E-state index in [1.165, 1.54) is 6.20 Å². The monoisotopic (exact) mass is 303 g/mol. The molecule has 1 aliphatic rings. The molecule has 1 N–H and O–H groups in total. The number of aromatic nitrogens is 1. The predicted molar refractivity (Wildman–Crippen MR) is 68.4 cm³/mol. The van der Waals surface area contributed by atoms with Crippen LogP contribution in [0, 0.1) is 0 Å². The Balaban J connectivity index is 2.13. The molecule has 0 aromatic carbocycles. The van der Waals surface area contributed by atoms with Gasteiger partial charge in [-0.2, -0.15) is 13.2 Å². The first-order valence-electron chi connectivity index (χ1n) is 6.53. The second-order valence-corrected chi connectivity index (χ2v) is 4.67. The largest absolute Gasteiger partial charge is 0.405 e. The van der Waals surface area contributed by atoms with Crippen molar-refractivity contribution in [2.45, 2.75) is 12.2 Å². The fourth-order valence-electron chi connectivity index (χ4n) is 2.19. The van der Waals surface area contributed by atoms with Gasteiger partial charge < -0.3 is 10.1 Å². The molecule has 21 heavy (non-hydrogen) atoms. The average molecular weight is 303 g/mol. The van der Waals surface area contributed by atoms with Crippen molar-refractivity contribution in [1.82, 2.24) is 15.2 Å². The van der Waals surface area contributed by atoms with Gasteiger partial charge >= 0.3 is 6.18 Å². The van der Waals surface area contributed by atoms with Crippen LogP contribution < -0.4 is 5.32 Å². The van der Waals surface area contributed by atoms with Crippen molar-refractivity contribution in [1.29, 1.82) is 0 Å². The third-order valence-electron chi connectivity index (χ3n) is 3.12. The van der Waals surface area contributed by atoms with E-state index < -0.39 is 24.7 Å². The zero-order chi connectivity index (χ0) is 15.3. The molecule has 1 fully saturated rings. The Morgan fingerprint density at radius 1 is 1.43 bits per heavy atom. The van der Waals surface area contributed by atoms with Crippen LogP contribution in [-0.2, 0) is 9.53 Å². The lowest BCUT2D eigenvalue weighted by Crippen LogP contribution is -2.47. The molecular formula is C13H16F3N3O2. The number of halogens is 3. The topological polar surface area (TPSA) is 54.5 Å². The molecule has 116 valence electrons. The number of hydrogen-bond acceptors (Lipinski definition) is 4. The standard InChI is InChI=1S/C13H16F3N3O2/c14-13(15,16)9-18-12(20)11(10-2-1-3-17-8-10)19-4-6-21-7-5-19/h1-3,8,11H,4-7,9H2,(H,18,20)/t11-/m0/s1. The highest BCUT2D eigenvalue weighted by Gasteiger charge is 2.33. The van der Waals surface area contributed by atoms with Crippen LogP contribution in [0.3, 0.4) is 0 Å². The fraction of sp³-hybridized carbons (Fsp3) is 0.538. The molecule has 1 atom stereocenters. The molecule has 0 spiro atoms. The van der Waals surface area contributed by atoms with Gasteiger partial charge in [-0.1, -0.05) is 6.07 Å². The highest BCUT2D eigenvalue weighted by Crippen LogP contribution is 2.22. The minimum Gasteiger partial charge on any atom is -0.379 e. The van der Waals surface area contributed by atoms with E-state index in [2.05, 4.69) is 4.98 Å². The molecule has 0 aliphatic carbocycles. The van der Waals surface area contributed by atoms with Gasteiger partial charge in [0.25, 0.3) is 0 Å². The number of amides is 1. The van der Waals surface area contributed by atoms with E-state index in [1.54, 1.807) is 23.2 Å². The molecule has 8 heteroatoms. The third-order valence-corrected chi connectivity index (χ3v) is 3.12. The average Bonchev–Trinajstić information content (AvgIpc) is 2.47. The summed E-state index contributed by atoms with van der Waals surface area (Å²) in [6.45, 7) is 0.525. The van der Waals surface area contributed by atoms with Gasteiger partial charge in [0, 0.05) is 25.5 Å². The highest BCUT2D eigenvalue weighted by atomic mass is 19.4. The van der Waals surface area contributed by atoms with Crippen LogP contribution in [0.5, 0.6) is 0 Å². The van der Waals surface area contributed by atoms with Gasteiger partial charge in [0.1, 0.15) is 12.6 Å². The Labute approximate surface area is 120 Å². The molecule has 0 unspecified atom stereocenters. The SMILES string of the molecule is O=C(NCC(F)(F)F)[C@H](c1cccnc1)N1CCOCC1. The predicted octanol–water partition coefficient (Wildman–Crippen LogP) is 1.13. The summed E-state index contributed by atoms with van der Waals surface area (Å²) in [6.07, 6.45) is -1.39. The van der Waals surface area contributed by atoms with Gasteiger partial charge in [-0.25, -0.2) is 0 Å². The second kappa shape index (κ2) is 6.86. The number of alkyl halides is 3. The molecule has 0 saturated carbocycles. The lowest BCUT2D eigenvalue weighted by atomic mass is 10.1. The maximum Gasteiger partial charge on any atom is 0.405 e. The Morgan fingerprint density at radius 2 is 2.14 bits per heavy atom. The van der Waals surface area contributed by atoms with Crippen molar-refractivity contribution in [3.63, 3.8) is 0 Å². The number of nitrogens with one attached hydrogen (secondary N) is 1. The molecule has 2 rings (SSSR count). The van der Waals surface area contributed by atoms with Crippen molar-refractivity contribution in [2.75, 3.05) is 32.8 Å².